The van der Waals surface area contributed by atoms with Crippen LogP contribution < -0.4 is 4.74 Å². The van der Waals surface area contributed by atoms with E-state index >= 15 is 0 Å². The van der Waals surface area contributed by atoms with Crippen molar-refractivity contribution in [3.63, 3.8) is 0 Å². The highest BCUT2D eigenvalue weighted by atomic mass is 35.5. The molecule has 1 aromatic heterocycles. The van der Waals surface area contributed by atoms with Gasteiger partial charge in [-0.05, 0) is 25.1 Å². The number of para-hydroxylation sites is 1. The van der Waals surface area contributed by atoms with Gasteiger partial charge in [0.2, 0.25) is 0 Å². The molecular formula is C16H13ClN2O3. The van der Waals surface area contributed by atoms with Gasteiger partial charge in [-0.2, -0.15) is 5.26 Å². The third-order valence-electron chi connectivity index (χ3n) is 2.81. The predicted octanol–water partition coefficient (Wildman–Crippen LogP) is 3.12. The maximum Gasteiger partial charge on any atom is 0.347 e. The van der Waals surface area contributed by atoms with Crippen molar-refractivity contribution in [2.24, 2.45) is 0 Å². The molecule has 22 heavy (non-hydrogen) atoms. The van der Waals surface area contributed by atoms with Crippen molar-refractivity contribution in [2.45, 2.75) is 19.6 Å². The van der Waals surface area contributed by atoms with E-state index in [9.17, 15) is 4.79 Å². The van der Waals surface area contributed by atoms with Crippen molar-refractivity contribution in [3.05, 3.63) is 58.9 Å². The summed E-state index contributed by atoms with van der Waals surface area (Å²) in [6, 6.07) is 12.0. The molecule has 2 aromatic rings. The summed E-state index contributed by atoms with van der Waals surface area (Å²) >= 11 is 5.68. The van der Waals surface area contributed by atoms with Crippen LogP contribution in [0.5, 0.6) is 5.75 Å². The number of carbonyl (C=O) groups excluding carboxylic acids is 1. The molecule has 2 rings (SSSR count). The Morgan fingerprint density at radius 2 is 2.14 bits per heavy atom. The second-order valence-corrected chi connectivity index (χ2v) is 4.85. The number of halogens is 1. The van der Waals surface area contributed by atoms with Gasteiger partial charge in [-0.15, -0.1) is 0 Å². The van der Waals surface area contributed by atoms with Crippen LogP contribution in [0.4, 0.5) is 0 Å². The van der Waals surface area contributed by atoms with Crippen molar-refractivity contribution >= 4 is 17.6 Å². The maximum atomic E-state index is 11.9. The Balaban J connectivity index is 1.92. The number of pyridine rings is 1. The first-order valence-corrected chi connectivity index (χ1v) is 6.91. The van der Waals surface area contributed by atoms with Gasteiger partial charge in [-0.25, -0.2) is 9.78 Å². The molecule has 0 aliphatic carbocycles. The van der Waals surface area contributed by atoms with Gasteiger partial charge >= 0.3 is 5.97 Å². The zero-order valence-corrected chi connectivity index (χ0v) is 12.6. The van der Waals surface area contributed by atoms with Gasteiger partial charge in [-0.3, -0.25) is 0 Å². The lowest BCUT2D eigenvalue weighted by molar-refractivity contribution is -0.152. The Kier molecular flexibility index (Phi) is 5.34. The fourth-order valence-electron chi connectivity index (χ4n) is 1.66. The number of hydrogen-bond acceptors (Lipinski definition) is 5. The molecule has 1 heterocycles. The zero-order chi connectivity index (χ0) is 15.9. The summed E-state index contributed by atoms with van der Waals surface area (Å²) in [7, 11) is 0. The van der Waals surface area contributed by atoms with Gasteiger partial charge in [0.25, 0.3) is 0 Å². The topological polar surface area (TPSA) is 72.2 Å². The van der Waals surface area contributed by atoms with Crippen LogP contribution >= 0.6 is 11.6 Å². The van der Waals surface area contributed by atoms with Crippen LogP contribution in [0.15, 0.2) is 42.6 Å². The number of nitriles is 1. The Labute approximate surface area is 133 Å². The molecule has 0 aliphatic rings. The van der Waals surface area contributed by atoms with Crippen LogP contribution in [0, 0.1) is 11.3 Å². The molecule has 0 amide bonds. The van der Waals surface area contributed by atoms with E-state index in [0.29, 0.717) is 16.5 Å². The zero-order valence-electron chi connectivity index (χ0n) is 11.8. The lowest BCUT2D eigenvalue weighted by atomic mass is 10.2. The molecule has 0 saturated heterocycles. The summed E-state index contributed by atoms with van der Waals surface area (Å²) in [6.45, 7) is 1.65. The summed E-state index contributed by atoms with van der Waals surface area (Å²) in [5.41, 5.74) is 1.09. The number of esters is 1. The van der Waals surface area contributed by atoms with Crippen LogP contribution in [-0.4, -0.2) is 17.1 Å². The van der Waals surface area contributed by atoms with Crippen LogP contribution in [0.1, 0.15) is 18.1 Å². The van der Waals surface area contributed by atoms with E-state index in [4.69, 9.17) is 26.3 Å². The largest absolute Gasteiger partial charge is 0.478 e. The van der Waals surface area contributed by atoms with Crippen molar-refractivity contribution in [2.75, 3.05) is 0 Å². The SMILES string of the molecule is CC(Oc1ccccc1C#N)C(=O)OCc1ccc(Cl)nc1. The van der Waals surface area contributed by atoms with Crippen molar-refractivity contribution < 1.29 is 14.3 Å². The molecule has 0 spiro atoms. The Hall–Kier alpha value is -2.58. The third kappa shape index (κ3) is 4.21. The third-order valence-corrected chi connectivity index (χ3v) is 3.04. The van der Waals surface area contributed by atoms with Crippen LogP contribution in [0.2, 0.25) is 5.15 Å². The minimum atomic E-state index is -0.824. The molecule has 0 bridgehead atoms. The van der Waals surface area contributed by atoms with Gasteiger partial charge in [0.15, 0.2) is 6.10 Å². The highest BCUT2D eigenvalue weighted by Crippen LogP contribution is 2.18. The molecule has 0 radical (unpaired) electrons. The average molecular weight is 317 g/mol. The standard InChI is InChI=1S/C16H13ClN2O3/c1-11(22-14-5-3-2-4-13(14)8-18)16(20)21-10-12-6-7-15(17)19-9-12/h2-7,9,11H,10H2,1H3. The van der Waals surface area contributed by atoms with Crippen LogP contribution in [0.25, 0.3) is 0 Å². The highest BCUT2D eigenvalue weighted by molar-refractivity contribution is 6.29. The highest BCUT2D eigenvalue weighted by Gasteiger charge is 2.18. The van der Waals surface area contributed by atoms with Crippen molar-refractivity contribution in [1.29, 1.82) is 5.26 Å². The maximum absolute atomic E-state index is 11.9. The summed E-state index contributed by atoms with van der Waals surface area (Å²) in [5, 5.41) is 9.36. The average Bonchev–Trinajstić information content (AvgIpc) is 2.54. The van der Waals surface area contributed by atoms with Crippen molar-refractivity contribution in [1.82, 2.24) is 4.98 Å². The van der Waals surface area contributed by atoms with Crippen LogP contribution in [0.3, 0.4) is 0 Å². The fraction of sp³-hybridized carbons (Fsp3) is 0.188. The van der Waals surface area contributed by atoms with E-state index in [-0.39, 0.29) is 6.61 Å². The number of rotatable bonds is 5. The molecule has 0 N–H and O–H groups in total. The Morgan fingerprint density at radius 3 is 2.82 bits per heavy atom. The minimum Gasteiger partial charge on any atom is -0.478 e. The van der Waals surface area contributed by atoms with E-state index in [1.807, 2.05) is 6.07 Å². The molecule has 0 aliphatic heterocycles. The predicted molar refractivity (Wildman–Crippen MR) is 80.3 cm³/mol. The summed E-state index contributed by atoms with van der Waals surface area (Å²) < 4.78 is 10.6. The fourth-order valence-corrected chi connectivity index (χ4v) is 1.78. The van der Waals surface area contributed by atoms with Gasteiger partial charge in [0.1, 0.15) is 23.6 Å². The second kappa shape index (κ2) is 7.43. The van der Waals surface area contributed by atoms with E-state index in [1.54, 1.807) is 43.3 Å². The van der Waals surface area contributed by atoms with Crippen LogP contribution in [-0.2, 0) is 16.1 Å². The molecule has 0 fully saturated rings. The van der Waals surface area contributed by atoms with E-state index < -0.39 is 12.1 Å². The summed E-state index contributed by atoms with van der Waals surface area (Å²) in [4.78, 5) is 15.8. The quantitative estimate of drug-likeness (QED) is 0.626. The molecular weight excluding hydrogens is 304 g/mol. The lowest BCUT2D eigenvalue weighted by Crippen LogP contribution is -2.26. The lowest BCUT2D eigenvalue weighted by Gasteiger charge is -2.14. The first-order valence-electron chi connectivity index (χ1n) is 6.53. The number of hydrogen-bond donors (Lipinski definition) is 0. The Bertz CT molecular complexity index is 695. The normalized spacial score (nSPS) is 11.3. The number of carbonyl (C=O) groups is 1. The molecule has 6 heteroatoms. The minimum absolute atomic E-state index is 0.0800. The van der Waals surface area contributed by atoms with Gasteiger partial charge < -0.3 is 9.47 Å². The molecule has 112 valence electrons. The van der Waals surface area contributed by atoms with Gasteiger partial charge in [0.05, 0.1) is 5.56 Å². The van der Waals surface area contributed by atoms with E-state index in [2.05, 4.69) is 4.98 Å². The number of ether oxygens (including phenoxy) is 2. The van der Waals surface area contributed by atoms with E-state index in [0.717, 1.165) is 5.56 Å². The monoisotopic (exact) mass is 316 g/mol. The van der Waals surface area contributed by atoms with E-state index in [1.165, 1.54) is 6.20 Å². The molecule has 1 atom stereocenters. The molecule has 0 saturated carbocycles. The number of aromatic nitrogens is 1. The number of benzene rings is 1. The summed E-state index contributed by atoms with van der Waals surface area (Å²) in [5.74, 6) is -0.176. The smallest absolute Gasteiger partial charge is 0.347 e. The van der Waals surface area contributed by atoms with Crippen molar-refractivity contribution in [3.8, 4) is 11.8 Å². The molecule has 1 aromatic carbocycles. The molecule has 5 nitrogen and oxygen atoms in total. The Morgan fingerprint density at radius 1 is 1.36 bits per heavy atom. The van der Waals surface area contributed by atoms with Gasteiger partial charge in [0, 0.05) is 11.8 Å². The number of nitrogens with zero attached hydrogens (tertiary/aromatic N) is 2. The first-order chi connectivity index (χ1) is 10.6. The first kappa shape index (κ1) is 15.8. The summed E-state index contributed by atoms with van der Waals surface area (Å²) in [6.07, 6.45) is 0.710. The second-order valence-electron chi connectivity index (χ2n) is 4.46. The molecule has 1 unspecified atom stereocenters. The van der Waals surface area contributed by atoms with Gasteiger partial charge in [-0.1, -0.05) is 29.8 Å².